The molecule has 1 N–H and O–H groups in total. The Kier molecular flexibility index (Phi) is 5.58. The van der Waals surface area contributed by atoms with Crippen LogP contribution in [0.5, 0.6) is 0 Å². The predicted octanol–water partition coefficient (Wildman–Crippen LogP) is 2.99. The Morgan fingerprint density at radius 1 is 1.50 bits per heavy atom. The highest BCUT2D eigenvalue weighted by Gasteiger charge is 2.30. The molecule has 1 aromatic rings. The minimum absolute atomic E-state index is 0.360. The number of carbonyl (C=O) groups is 1. The Morgan fingerprint density at radius 3 is 2.77 bits per heavy atom. The molecule has 6 heteroatoms. The van der Waals surface area contributed by atoms with E-state index in [1.165, 1.54) is 18.4 Å². The number of thiophene rings is 1. The maximum Gasteiger partial charge on any atom is 0.350 e. The molecule has 1 fully saturated rings. The standard InChI is InChI=1S/C16H24N2O3S/c1-18(2)11-17-13-10-12(22-14(13)15(19)21-3)6-9-16(20)7-4-5-8-16/h10-11,20H,4-9H2,1-3H3. The van der Waals surface area contributed by atoms with Crippen LogP contribution in [-0.2, 0) is 11.2 Å². The largest absolute Gasteiger partial charge is 0.465 e. The van der Waals surface area contributed by atoms with E-state index < -0.39 is 5.60 Å². The van der Waals surface area contributed by atoms with Gasteiger partial charge < -0.3 is 14.7 Å². The van der Waals surface area contributed by atoms with Gasteiger partial charge >= 0.3 is 5.97 Å². The maximum absolute atomic E-state index is 11.9. The number of nitrogens with zero attached hydrogens (tertiary/aromatic N) is 2. The van der Waals surface area contributed by atoms with Crippen molar-refractivity contribution in [2.75, 3.05) is 21.2 Å². The summed E-state index contributed by atoms with van der Waals surface area (Å²) in [6.45, 7) is 0. The van der Waals surface area contributed by atoms with Crippen molar-refractivity contribution in [1.29, 1.82) is 0 Å². The van der Waals surface area contributed by atoms with Crippen LogP contribution < -0.4 is 0 Å². The fourth-order valence-corrected chi connectivity index (χ4v) is 3.73. The van der Waals surface area contributed by atoms with E-state index in [9.17, 15) is 9.90 Å². The van der Waals surface area contributed by atoms with Gasteiger partial charge in [0.05, 0.1) is 24.7 Å². The SMILES string of the molecule is COC(=O)c1sc(CCC2(O)CCCC2)cc1N=CN(C)C. The van der Waals surface area contributed by atoms with Crippen LogP contribution in [0.2, 0.25) is 0 Å². The molecule has 5 nitrogen and oxygen atoms in total. The molecule has 0 bridgehead atoms. The van der Waals surface area contributed by atoms with Gasteiger partial charge in [-0.1, -0.05) is 12.8 Å². The lowest BCUT2D eigenvalue weighted by Crippen LogP contribution is -2.24. The molecular formula is C16H24N2O3S. The number of hydrogen-bond donors (Lipinski definition) is 1. The third kappa shape index (κ3) is 4.30. The van der Waals surface area contributed by atoms with Crippen LogP contribution >= 0.6 is 11.3 Å². The van der Waals surface area contributed by atoms with Crippen LogP contribution in [0.1, 0.15) is 46.7 Å². The summed E-state index contributed by atoms with van der Waals surface area (Å²) in [5.74, 6) is -0.360. The van der Waals surface area contributed by atoms with Gasteiger partial charge in [0, 0.05) is 19.0 Å². The highest BCUT2D eigenvalue weighted by atomic mass is 32.1. The first-order valence-corrected chi connectivity index (χ1v) is 8.39. The lowest BCUT2D eigenvalue weighted by atomic mass is 9.96. The number of carbonyl (C=O) groups excluding carboxylic acids is 1. The van der Waals surface area contributed by atoms with Crippen LogP contribution in [0.3, 0.4) is 0 Å². The lowest BCUT2D eigenvalue weighted by Gasteiger charge is -2.21. The summed E-state index contributed by atoms with van der Waals surface area (Å²) in [4.78, 5) is 19.6. The molecule has 0 unspecified atom stereocenters. The molecule has 122 valence electrons. The van der Waals surface area contributed by atoms with E-state index in [1.54, 1.807) is 6.34 Å². The first-order chi connectivity index (χ1) is 10.4. The van der Waals surface area contributed by atoms with Crippen molar-refractivity contribution in [2.24, 2.45) is 4.99 Å². The number of aliphatic imine (C=N–C) groups is 1. The molecular weight excluding hydrogens is 300 g/mol. The summed E-state index contributed by atoms with van der Waals surface area (Å²) in [5.41, 5.74) is 0.113. The summed E-state index contributed by atoms with van der Waals surface area (Å²) in [5, 5.41) is 10.4. The van der Waals surface area contributed by atoms with E-state index in [0.717, 1.165) is 43.4 Å². The first kappa shape index (κ1) is 17.0. The smallest absolute Gasteiger partial charge is 0.350 e. The van der Waals surface area contributed by atoms with Gasteiger partial charge in [-0.3, -0.25) is 0 Å². The highest BCUT2D eigenvalue weighted by Crippen LogP contribution is 2.36. The van der Waals surface area contributed by atoms with Crippen molar-refractivity contribution in [1.82, 2.24) is 4.90 Å². The summed E-state index contributed by atoms with van der Waals surface area (Å²) in [6.07, 6.45) is 7.15. The fourth-order valence-electron chi connectivity index (χ4n) is 2.71. The highest BCUT2D eigenvalue weighted by molar-refractivity contribution is 7.14. The molecule has 1 aliphatic rings. The van der Waals surface area contributed by atoms with Crippen molar-refractivity contribution in [3.05, 3.63) is 15.8 Å². The molecule has 1 heterocycles. The van der Waals surface area contributed by atoms with Crippen molar-refractivity contribution < 1.29 is 14.6 Å². The Morgan fingerprint density at radius 2 is 2.18 bits per heavy atom. The second-order valence-electron chi connectivity index (χ2n) is 6.06. The molecule has 1 saturated carbocycles. The summed E-state index contributed by atoms with van der Waals surface area (Å²) >= 11 is 1.41. The summed E-state index contributed by atoms with van der Waals surface area (Å²) in [6, 6.07) is 1.93. The summed E-state index contributed by atoms with van der Waals surface area (Å²) < 4.78 is 4.83. The molecule has 1 aliphatic carbocycles. The van der Waals surface area contributed by atoms with Crippen molar-refractivity contribution in [3.63, 3.8) is 0 Å². The maximum atomic E-state index is 11.9. The van der Waals surface area contributed by atoms with Gasteiger partial charge in [0.2, 0.25) is 0 Å². The fraction of sp³-hybridized carbons (Fsp3) is 0.625. The van der Waals surface area contributed by atoms with E-state index in [4.69, 9.17) is 4.74 Å². The predicted molar refractivity (Wildman–Crippen MR) is 89.2 cm³/mol. The van der Waals surface area contributed by atoms with Crippen LogP contribution in [0.25, 0.3) is 0 Å². The molecule has 2 rings (SSSR count). The lowest BCUT2D eigenvalue weighted by molar-refractivity contribution is 0.0393. The van der Waals surface area contributed by atoms with Gasteiger partial charge in [-0.15, -0.1) is 11.3 Å². The first-order valence-electron chi connectivity index (χ1n) is 7.57. The van der Waals surface area contributed by atoms with Crippen molar-refractivity contribution in [3.8, 4) is 0 Å². The molecule has 1 aromatic heterocycles. The molecule has 0 atom stereocenters. The quantitative estimate of drug-likeness (QED) is 0.496. The second kappa shape index (κ2) is 7.24. The number of aliphatic hydroxyl groups is 1. The van der Waals surface area contributed by atoms with Crippen LogP contribution in [0, 0.1) is 0 Å². The van der Waals surface area contributed by atoms with Crippen LogP contribution in [0.15, 0.2) is 11.1 Å². The zero-order chi connectivity index (χ0) is 16.2. The van der Waals surface area contributed by atoms with Gasteiger partial charge in [0.15, 0.2) is 0 Å². The average molecular weight is 324 g/mol. The zero-order valence-corrected chi connectivity index (χ0v) is 14.3. The number of esters is 1. The molecule has 0 amide bonds. The minimum atomic E-state index is -0.525. The molecule has 0 saturated heterocycles. The van der Waals surface area contributed by atoms with Crippen LogP contribution in [0.4, 0.5) is 5.69 Å². The van der Waals surface area contributed by atoms with Gasteiger partial charge in [-0.2, -0.15) is 0 Å². The van der Waals surface area contributed by atoms with Gasteiger partial charge in [-0.25, -0.2) is 9.79 Å². The van der Waals surface area contributed by atoms with E-state index in [2.05, 4.69) is 4.99 Å². The van der Waals surface area contributed by atoms with E-state index in [0.29, 0.717) is 10.6 Å². The Hall–Kier alpha value is -1.40. The summed E-state index contributed by atoms with van der Waals surface area (Å²) in [7, 11) is 5.14. The number of methoxy groups -OCH3 is 1. The topological polar surface area (TPSA) is 62.1 Å². The van der Waals surface area contributed by atoms with Gasteiger partial charge in [-0.05, 0) is 31.7 Å². The molecule has 0 aliphatic heterocycles. The number of hydrogen-bond acceptors (Lipinski definition) is 5. The number of ether oxygens (including phenoxy) is 1. The van der Waals surface area contributed by atoms with Crippen LogP contribution in [-0.4, -0.2) is 49.1 Å². The third-order valence-corrected chi connectivity index (χ3v) is 5.10. The van der Waals surface area contributed by atoms with E-state index in [1.807, 2.05) is 25.1 Å². The van der Waals surface area contributed by atoms with Crippen molar-refractivity contribution >= 4 is 29.3 Å². The van der Waals surface area contributed by atoms with E-state index >= 15 is 0 Å². The molecule has 0 spiro atoms. The van der Waals surface area contributed by atoms with Gasteiger partial charge in [0.25, 0.3) is 0 Å². The average Bonchev–Trinajstić information content (AvgIpc) is 3.09. The zero-order valence-electron chi connectivity index (χ0n) is 13.5. The van der Waals surface area contributed by atoms with E-state index in [-0.39, 0.29) is 5.97 Å². The van der Waals surface area contributed by atoms with Crippen molar-refractivity contribution in [2.45, 2.75) is 44.1 Å². The Balaban J connectivity index is 2.12. The molecule has 0 radical (unpaired) electrons. The molecule has 22 heavy (non-hydrogen) atoms. The second-order valence-corrected chi connectivity index (χ2v) is 7.20. The number of rotatable bonds is 6. The number of aryl methyl sites for hydroxylation is 1. The monoisotopic (exact) mass is 324 g/mol. The molecule has 0 aromatic carbocycles. The minimum Gasteiger partial charge on any atom is -0.465 e. The van der Waals surface area contributed by atoms with Gasteiger partial charge in [0.1, 0.15) is 4.88 Å². The third-order valence-electron chi connectivity index (χ3n) is 3.93. The Bertz CT molecular complexity index is 546. The Labute approximate surface area is 135 Å². The normalized spacial score (nSPS) is 17.1.